The van der Waals surface area contributed by atoms with Crippen LogP contribution in [-0.2, 0) is 0 Å². The molecule has 1 aliphatic heterocycles. The zero-order valence-electron chi connectivity index (χ0n) is 13.7. The molecule has 0 atom stereocenters. The zero-order chi connectivity index (χ0) is 17.1. The number of hydrogen-bond acceptors (Lipinski definition) is 3. The SMILES string of the molecule is Cc1ncccc1-c1nn(C2CC3(C2)CN(C(=O)O)C3)c(C)c1Br. The van der Waals surface area contributed by atoms with Crippen molar-refractivity contribution in [2.24, 2.45) is 5.41 Å². The Hall–Kier alpha value is -1.89. The molecule has 2 aliphatic rings. The number of hydrogen-bond donors (Lipinski definition) is 1. The molecule has 3 heterocycles. The van der Waals surface area contributed by atoms with Gasteiger partial charge in [-0.1, -0.05) is 0 Å². The van der Waals surface area contributed by atoms with Crippen LogP contribution >= 0.6 is 15.9 Å². The summed E-state index contributed by atoms with van der Waals surface area (Å²) >= 11 is 3.68. The first-order valence-electron chi connectivity index (χ1n) is 8.05. The smallest absolute Gasteiger partial charge is 0.407 e. The predicted molar refractivity (Wildman–Crippen MR) is 92.9 cm³/mol. The van der Waals surface area contributed by atoms with Crippen molar-refractivity contribution in [3.05, 3.63) is 34.2 Å². The predicted octanol–water partition coefficient (Wildman–Crippen LogP) is 3.64. The zero-order valence-corrected chi connectivity index (χ0v) is 15.2. The van der Waals surface area contributed by atoms with Gasteiger partial charge in [-0.3, -0.25) is 9.67 Å². The normalized spacial score (nSPS) is 19.2. The van der Waals surface area contributed by atoms with Gasteiger partial charge in [0.15, 0.2) is 0 Å². The summed E-state index contributed by atoms with van der Waals surface area (Å²) in [6.07, 6.45) is 2.97. The molecule has 1 aliphatic carbocycles. The summed E-state index contributed by atoms with van der Waals surface area (Å²) in [6.45, 7) is 5.38. The highest BCUT2D eigenvalue weighted by Crippen LogP contribution is 2.54. The molecular weight excluding hydrogens is 372 g/mol. The average molecular weight is 391 g/mol. The fourth-order valence-corrected chi connectivity index (χ4v) is 4.50. The Morgan fingerprint density at radius 3 is 2.71 bits per heavy atom. The number of pyridine rings is 1. The second-order valence-electron chi connectivity index (χ2n) is 7.03. The van der Waals surface area contributed by atoms with Crippen LogP contribution in [0.2, 0.25) is 0 Å². The minimum absolute atomic E-state index is 0.179. The molecule has 1 saturated heterocycles. The second-order valence-corrected chi connectivity index (χ2v) is 7.82. The summed E-state index contributed by atoms with van der Waals surface area (Å²) in [6, 6.07) is 4.32. The molecule has 0 aromatic carbocycles. The van der Waals surface area contributed by atoms with Crippen LogP contribution in [-0.4, -0.2) is 44.0 Å². The monoisotopic (exact) mass is 390 g/mol. The summed E-state index contributed by atoms with van der Waals surface area (Å²) in [7, 11) is 0. The van der Waals surface area contributed by atoms with Crippen molar-refractivity contribution in [1.82, 2.24) is 19.7 Å². The third-order valence-corrected chi connectivity index (χ3v) is 6.29. The fourth-order valence-electron chi connectivity index (χ4n) is 4.03. The first-order chi connectivity index (χ1) is 11.4. The second kappa shape index (κ2) is 5.31. The van der Waals surface area contributed by atoms with E-state index in [1.807, 2.05) is 19.1 Å². The van der Waals surface area contributed by atoms with Gasteiger partial charge in [0.2, 0.25) is 0 Å². The Morgan fingerprint density at radius 2 is 2.08 bits per heavy atom. The quantitative estimate of drug-likeness (QED) is 0.849. The highest BCUT2D eigenvalue weighted by atomic mass is 79.9. The summed E-state index contributed by atoms with van der Waals surface area (Å²) in [4.78, 5) is 16.8. The molecule has 1 N–H and O–H groups in total. The van der Waals surface area contributed by atoms with Gasteiger partial charge in [0.05, 0.1) is 16.2 Å². The maximum absolute atomic E-state index is 10.9. The molecule has 1 spiro atoms. The molecule has 6 nitrogen and oxygen atoms in total. The lowest BCUT2D eigenvalue weighted by Gasteiger charge is -2.58. The third-order valence-electron chi connectivity index (χ3n) is 5.35. The summed E-state index contributed by atoms with van der Waals surface area (Å²) in [5.41, 5.74) is 4.23. The van der Waals surface area contributed by atoms with Crippen molar-refractivity contribution < 1.29 is 9.90 Å². The Balaban J connectivity index is 1.56. The van der Waals surface area contributed by atoms with E-state index in [0.29, 0.717) is 19.1 Å². The van der Waals surface area contributed by atoms with Crippen LogP contribution in [0.3, 0.4) is 0 Å². The van der Waals surface area contributed by atoms with Crippen LogP contribution in [0.25, 0.3) is 11.3 Å². The van der Waals surface area contributed by atoms with Crippen LogP contribution < -0.4 is 0 Å². The topological polar surface area (TPSA) is 71.2 Å². The van der Waals surface area contributed by atoms with Crippen LogP contribution in [0.4, 0.5) is 4.79 Å². The lowest BCUT2D eigenvalue weighted by molar-refractivity contribution is -0.0775. The van der Waals surface area contributed by atoms with Crippen molar-refractivity contribution in [2.75, 3.05) is 13.1 Å². The third kappa shape index (κ3) is 2.25. The van der Waals surface area contributed by atoms with Crippen molar-refractivity contribution in [2.45, 2.75) is 32.7 Å². The van der Waals surface area contributed by atoms with Crippen molar-refractivity contribution >= 4 is 22.0 Å². The van der Waals surface area contributed by atoms with Gasteiger partial charge in [-0.05, 0) is 54.8 Å². The maximum atomic E-state index is 10.9. The Labute approximate surface area is 148 Å². The molecule has 1 amide bonds. The van der Waals surface area contributed by atoms with Crippen LogP contribution in [0.1, 0.15) is 30.3 Å². The van der Waals surface area contributed by atoms with E-state index >= 15 is 0 Å². The Bertz CT molecular complexity index is 818. The molecule has 2 aromatic heterocycles. The molecule has 0 bridgehead atoms. The summed E-state index contributed by atoms with van der Waals surface area (Å²) < 4.78 is 3.11. The Morgan fingerprint density at radius 1 is 1.38 bits per heavy atom. The van der Waals surface area contributed by atoms with E-state index in [1.165, 1.54) is 4.90 Å². The number of amides is 1. The van der Waals surface area contributed by atoms with Gasteiger partial charge >= 0.3 is 6.09 Å². The number of carboxylic acid groups (broad SMARTS) is 1. The molecule has 7 heteroatoms. The minimum Gasteiger partial charge on any atom is -0.465 e. The number of nitrogens with zero attached hydrogens (tertiary/aromatic N) is 4. The molecule has 2 fully saturated rings. The molecular formula is C17H19BrN4O2. The van der Waals surface area contributed by atoms with Crippen molar-refractivity contribution in [1.29, 1.82) is 0 Å². The van der Waals surface area contributed by atoms with E-state index in [9.17, 15) is 4.79 Å². The van der Waals surface area contributed by atoms with Gasteiger partial charge in [-0.2, -0.15) is 5.10 Å². The van der Waals surface area contributed by atoms with E-state index in [-0.39, 0.29) is 5.41 Å². The lowest BCUT2D eigenvalue weighted by atomic mass is 9.61. The van der Waals surface area contributed by atoms with E-state index in [0.717, 1.165) is 40.0 Å². The number of likely N-dealkylation sites (tertiary alicyclic amines) is 1. The molecule has 4 rings (SSSR count). The molecule has 2 aromatic rings. The number of carbonyl (C=O) groups is 1. The number of aromatic nitrogens is 3. The van der Waals surface area contributed by atoms with Crippen LogP contribution in [0.15, 0.2) is 22.8 Å². The van der Waals surface area contributed by atoms with E-state index < -0.39 is 6.09 Å². The van der Waals surface area contributed by atoms with Crippen LogP contribution in [0, 0.1) is 19.3 Å². The Kier molecular flexibility index (Phi) is 3.46. The average Bonchev–Trinajstić information content (AvgIpc) is 2.73. The summed E-state index contributed by atoms with van der Waals surface area (Å²) in [5.74, 6) is 0. The minimum atomic E-state index is -0.809. The first-order valence-corrected chi connectivity index (χ1v) is 8.84. The first kappa shape index (κ1) is 15.6. The molecule has 24 heavy (non-hydrogen) atoms. The molecule has 0 radical (unpaired) electrons. The van der Waals surface area contributed by atoms with Crippen molar-refractivity contribution in [3.63, 3.8) is 0 Å². The van der Waals surface area contributed by atoms with Crippen molar-refractivity contribution in [3.8, 4) is 11.3 Å². The summed E-state index contributed by atoms with van der Waals surface area (Å²) in [5, 5.41) is 13.8. The van der Waals surface area contributed by atoms with Gasteiger partial charge in [0.25, 0.3) is 0 Å². The van der Waals surface area contributed by atoms with E-state index in [1.54, 1.807) is 6.20 Å². The van der Waals surface area contributed by atoms with Crippen LogP contribution in [0.5, 0.6) is 0 Å². The maximum Gasteiger partial charge on any atom is 0.407 e. The van der Waals surface area contributed by atoms with Gasteiger partial charge in [-0.25, -0.2) is 4.79 Å². The van der Waals surface area contributed by atoms with E-state index in [2.05, 4.69) is 32.5 Å². The molecule has 1 saturated carbocycles. The standard InChI is InChI=1S/C17H19BrN4O2/c1-10-13(4-3-5-19-10)15-14(18)11(2)22(20-15)12-6-17(7-12)8-21(9-17)16(23)24/h3-5,12H,6-9H2,1-2H3,(H,23,24). The number of aryl methyl sites for hydroxylation is 1. The van der Waals surface area contributed by atoms with Gasteiger partial charge in [-0.15, -0.1) is 0 Å². The van der Waals surface area contributed by atoms with Gasteiger partial charge in [0.1, 0.15) is 5.69 Å². The van der Waals surface area contributed by atoms with Gasteiger partial charge < -0.3 is 10.0 Å². The van der Waals surface area contributed by atoms with E-state index in [4.69, 9.17) is 10.2 Å². The number of rotatable bonds is 2. The highest BCUT2D eigenvalue weighted by molar-refractivity contribution is 9.10. The molecule has 126 valence electrons. The fraction of sp³-hybridized carbons (Fsp3) is 0.471. The lowest BCUT2D eigenvalue weighted by Crippen LogP contribution is -2.63. The number of halogens is 1. The molecule has 0 unspecified atom stereocenters. The highest BCUT2D eigenvalue weighted by Gasteiger charge is 2.55. The largest absolute Gasteiger partial charge is 0.465 e. The van der Waals surface area contributed by atoms with Gasteiger partial charge in [0, 0.05) is 36.0 Å².